The van der Waals surface area contributed by atoms with Crippen molar-refractivity contribution in [3.63, 3.8) is 0 Å². The van der Waals surface area contributed by atoms with Gasteiger partial charge >= 0.3 is 5.97 Å². The van der Waals surface area contributed by atoms with E-state index in [9.17, 15) is 9.59 Å². The summed E-state index contributed by atoms with van der Waals surface area (Å²) in [7, 11) is 1.32. The molecule has 1 fully saturated rings. The van der Waals surface area contributed by atoms with E-state index in [0.717, 1.165) is 29.1 Å². The van der Waals surface area contributed by atoms with Crippen molar-refractivity contribution < 1.29 is 19.4 Å². The predicted molar refractivity (Wildman–Crippen MR) is 103 cm³/mol. The number of anilines is 1. The number of hydrogen-bond donors (Lipinski definition) is 2. The van der Waals surface area contributed by atoms with Crippen LogP contribution in [0.5, 0.6) is 0 Å². The normalized spacial score (nSPS) is 16.5. The van der Waals surface area contributed by atoms with Crippen LogP contribution in [0.4, 0.5) is 5.82 Å². The summed E-state index contributed by atoms with van der Waals surface area (Å²) >= 11 is 1.67. The van der Waals surface area contributed by atoms with Crippen LogP contribution in [0.2, 0.25) is 0 Å². The molecule has 3 heterocycles. The van der Waals surface area contributed by atoms with Crippen LogP contribution in [0.15, 0.2) is 6.33 Å². The van der Waals surface area contributed by atoms with E-state index >= 15 is 0 Å². The zero-order valence-corrected chi connectivity index (χ0v) is 16.5. The molecule has 0 spiro atoms. The van der Waals surface area contributed by atoms with Gasteiger partial charge in [-0.2, -0.15) is 0 Å². The van der Waals surface area contributed by atoms with Gasteiger partial charge in [0, 0.05) is 31.0 Å². The molecule has 9 heteroatoms. The summed E-state index contributed by atoms with van der Waals surface area (Å²) in [5.74, 6) is -0.392. The van der Waals surface area contributed by atoms with Crippen molar-refractivity contribution in [3.05, 3.63) is 16.8 Å². The summed E-state index contributed by atoms with van der Waals surface area (Å²) in [5.41, 5.74) is 1.21. The molecule has 1 aliphatic rings. The lowest BCUT2D eigenvalue weighted by atomic mass is 9.95. The number of amides is 1. The molecule has 1 saturated heterocycles. The standard InChI is InChI=1S/C18H24N4O4S/c1-10-11(2)27-17-14(10)15(20-9-21-17)22-6-4-12(5-7-22)16(23)19-8-13(26-3)18(24)25/h9,12-13H,4-8H2,1-3H3,(H,19,23)(H,24,25). The fourth-order valence-electron chi connectivity index (χ4n) is 3.37. The Hall–Kier alpha value is -2.26. The Morgan fingerprint density at radius 3 is 2.70 bits per heavy atom. The molecule has 2 aromatic rings. The van der Waals surface area contributed by atoms with Gasteiger partial charge in [-0.1, -0.05) is 0 Å². The Kier molecular flexibility index (Phi) is 5.91. The molecule has 8 nitrogen and oxygen atoms in total. The van der Waals surface area contributed by atoms with Gasteiger partial charge in [-0.15, -0.1) is 11.3 Å². The molecule has 3 rings (SSSR count). The van der Waals surface area contributed by atoms with Crippen molar-refractivity contribution in [1.29, 1.82) is 0 Å². The Labute approximate surface area is 161 Å². The molecule has 0 aliphatic carbocycles. The number of carboxylic acid groups (broad SMARTS) is 1. The third kappa shape index (κ3) is 4.03. The van der Waals surface area contributed by atoms with Crippen molar-refractivity contribution in [2.45, 2.75) is 32.8 Å². The Morgan fingerprint density at radius 1 is 1.37 bits per heavy atom. The molecule has 1 unspecified atom stereocenters. The molecule has 0 radical (unpaired) electrons. The molecule has 1 aliphatic heterocycles. The summed E-state index contributed by atoms with van der Waals surface area (Å²) in [6, 6.07) is 0. The zero-order valence-electron chi connectivity index (χ0n) is 15.7. The number of carbonyl (C=O) groups is 2. The van der Waals surface area contributed by atoms with E-state index in [0.29, 0.717) is 12.8 Å². The van der Waals surface area contributed by atoms with E-state index in [4.69, 9.17) is 9.84 Å². The minimum absolute atomic E-state index is 0.0230. The Balaban J connectivity index is 1.62. The third-order valence-corrected chi connectivity index (χ3v) is 6.25. The molecule has 1 atom stereocenters. The topological polar surface area (TPSA) is 105 Å². The van der Waals surface area contributed by atoms with E-state index in [1.807, 2.05) is 0 Å². The lowest BCUT2D eigenvalue weighted by Crippen LogP contribution is -2.44. The number of thiophene rings is 1. The number of nitrogens with zero attached hydrogens (tertiary/aromatic N) is 3. The quantitative estimate of drug-likeness (QED) is 0.771. The van der Waals surface area contributed by atoms with Gasteiger partial charge in [0.15, 0.2) is 6.10 Å². The minimum atomic E-state index is -1.08. The third-order valence-electron chi connectivity index (χ3n) is 5.13. The molecule has 1 amide bonds. The summed E-state index contributed by atoms with van der Waals surface area (Å²) in [6.07, 6.45) is 1.98. The van der Waals surface area contributed by atoms with Gasteiger partial charge in [-0.3, -0.25) is 4.79 Å². The molecule has 2 N–H and O–H groups in total. The van der Waals surface area contributed by atoms with Crippen LogP contribution in [0.25, 0.3) is 10.2 Å². The summed E-state index contributed by atoms with van der Waals surface area (Å²) < 4.78 is 4.84. The lowest BCUT2D eigenvalue weighted by molar-refractivity contribution is -0.148. The van der Waals surface area contributed by atoms with Gasteiger partial charge in [0.2, 0.25) is 5.91 Å². The Morgan fingerprint density at radius 2 is 2.07 bits per heavy atom. The fraction of sp³-hybridized carbons (Fsp3) is 0.556. The van der Waals surface area contributed by atoms with Crippen LogP contribution in [0.3, 0.4) is 0 Å². The van der Waals surface area contributed by atoms with Crippen molar-refractivity contribution in [2.75, 3.05) is 31.6 Å². The highest BCUT2D eigenvalue weighted by Crippen LogP contribution is 2.35. The van der Waals surface area contributed by atoms with Gasteiger partial charge in [-0.25, -0.2) is 14.8 Å². The number of nitrogens with one attached hydrogen (secondary N) is 1. The first-order chi connectivity index (χ1) is 12.9. The molecular formula is C18H24N4O4S. The second kappa shape index (κ2) is 8.18. The number of rotatable bonds is 6. The number of piperidine rings is 1. The van der Waals surface area contributed by atoms with E-state index in [2.05, 4.69) is 34.0 Å². The minimum Gasteiger partial charge on any atom is -0.479 e. The number of methoxy groups -OCH3 is 1. The van der Waals surface area contributed by atoms with Crippen LogP contribution in [0, 0.1) is 19.8 Å². The number of aliphatic carboxylic acids is 1. The molecule has 0 bridgehead atoms. The second-order valence-electron chi connectivity index (χ2n) is 6.73. The lowest BCUT2D eigenvalue weighted by Gasteiger charge is -2.32. The van der Waals surface area contributed by atoms with Crippen molar-refractivity contribution >= 4 is 39.2 Å². The van der Waals surface area contributed by atoms with Crippen molar-refractivity contribution in [3.8, 4) is 0 Å². The molecule has 146 valence electrons. The van der Waals surface area contributed by atoms with E-state index in [1.54, 1.807) is 17.7 Å². The second-order valence-corrected chi connectivity index (χ2v) is 7.93. The van der Waals surface area contributed by atoms with Crippen molar-refractivity contribution in [2.24, 2.45) is 5.92 Å². The molecular weight excluding hydrogens is 368 g/mol. The van der Waals surface area contributed by atoms with E-state index in [1.165, 1.54) is 17.6 Å². The zero-order chi connectivity index (χ0) is 19.6. The highest BCUT2D eigenvalue weighted by molar-refractivity contribution is 7.18. The Bertz CT molecular complexity index is 845. The van der Waals surface area contributed by atoms with Gasteiger partial charge in [-0.05, 0) is 32.3 Å². The number of fused-ring (bicyclic) bond motifs is 1. The molecule has 0 saturated carbocycles. The fourth-order valence-corrected chi connectivity index (χ4v) is 4.36. The van der Waals surface area contributed by atoms with Gasteiger partial charge in [0.05, 0.1) is 11.9 Å². The highest BCUT2D eigenvalue weighted by atomic mass is 32.1. The summed E-state index contributed by atoms with van der Waals surface area (Å²) in [6.45, 7) is 5.61. The molecule has 0 aromatic carbocycles. The first-order valence-electron chi connectivity index (χ1n) is 8.91. The van der Waals surface area contributed by atoms with Crippen LogP contribution in [-0.4, -0.2) is 59.8 Å². The smallest absolute Gasteiger partial charge is 0.334 e. The average Bonchev–Trinajstić information content (AvgIpc) is 2.96. The maximum absolute atomic E-state index is 12.4. The molecule has 2 aromatic heterocycles. The predicted octanol–water partition coefficient (Wildman–Crippen LogP) is 1.74. The number of carboxylic acids is 1. The van der Waals surface area contributed by atoms with Gasteiger partial charge < -0.3 is 20.1 Å². The average molecular weight is 392 g/mol. The SMILES string of the molecule is COC(CNC(=O)C1CCN(c2ncnc3sc(C)c(C)c23)CC1)C(=O)O. The number of carbonyl (C=O) groups excluding carboxylic acids is 1. The maximum atomic E-state index is 12.4. The first kappa shape index (κ1) is 19.5. The monoisotopic (exact) mass is 392 g/mol. The maximum Gasteiger partial charge on any atom is 0.334 e. The van der Waals surface area contributed by atoms with Crippen molar-refractivity contribution in [1.82, 2.24) is 15.3 Å². The number of ether oxygens (including phenoxy) is 1. The summed E-state index contributed by atoms with van der Waals surface area (Å²) in [5, 5.41) is 12.8. The van der Waals surface area contributed by atoms with E-state index < -0.39 is 12.1 Å². The summed E-state index contributed by atoms with van der Waals surface area (Å²) in [4.78, 5) is 36.6. The number of hydrogen-bond acceptors (Lipinski definition) is 7. The van der Waals surface area contributed by atoms with Crippen LogP contribution < -0.4 is 10.2 Å². The largest absolute Gasteiger partial charge is 0.479 e. The highest BCUT2D eigenvalue weighted by Gasteiger charge is 2.28. The number of aromatic nitrogens is 2. The van der Waals surface area contributed by atoms with E-state index in [-0.39, 0.29) is 18.4 Å². The first-order valence-corrected chi connectivity index (χ1v) is 9.73. The van der Waals surface area contributed by atoms with Crippen LogP contribution >= 0.6 is 11.3 Å². The van der Waals surface area contributed by atoms with Gasteiger partial charge in [0.25, 0.3) is 0 Å². The number of aryl methyl sites for hydroxylation is 2. The molecule has 27 heavy (non-hydrogen) atoms. The van der Waals surface area contributed by atoms with Crippen LogP contribution in [-0.2, 0) is 14.3 Å². The van der Waals surface area contributed by atoms with Crippen LogP contribution in [0.1, 0.15) is 23.3 Å². The van der Waals surface area contributed by atoms with Gasteiger partial charge in [0.1, 0.15) is 17.0 Å².